The predicted octanol–water partition coefficient (Wildman–Crippen LogP) is 2.76. The Morgan fingerprint density at radius 3 is 2.54 bits per heavy atom. The number of nitrogens with one attached hydrogen (secondary N) is 2. The van der Waals surface area contributed by atoms with E-state index in [-0.39, 0.29) is 23.6 Å². The molecule has 3 rings (SSSR count). The van der Waals surface area contributed by atoms with Crippen LogP contribution in [0.1, 0.15) is 28.8 Å². The molecule has 1 saturated heterocycles. The molecule has 0 aromatic heterocycles. The highest BCUT2D eigenvalue weighted by Gasteiger charge is 2.19. The maximum Gasteiger partial charge on any atom is 0.267 e. The van der Waals surface area contributed by atoms with Gasteiger partial charge >= 0.3 is 0 Å². The Morgan fingerprint density at radius 2 is 1.89 bits per heavy atom. The fraction of sp³-hybridized carbons (Fsp3) is 0.273. The minimum Gasteiger partial charge on any atom is -0.497 e. The highest BCUT2D eigenvalue weighted by atomic mass is 16.5. The molecule has 1 aliphatic heterocycles. The van der Waals surface area contributed by atoms with Gasteiger partial charge in [0.05, 0.1) is 13.2 Å². The monoisotopic (exact) mass is 380 g/mol. The Labute approximate surface area is 164 Å². The lowest BCUT2D eigenvalue weighted by Crippen LogP contribution is -2.38. The quantitative estimate of drug-likeness (QED) is 0.724. The molecular formula is C22H24N2O4. The van der Waals surface area contributed by atoms with Gasteiger partial charge in [-0.1, -0.05) is 30.3 Å². The minimum absolute atomic E-state index is 0.0271. The summed E-state index contributed by atoms with van der Waals surface area (Å²) in [6.07, 6.45) is 3.61. The lowest BCUT2D eigenvalue weighted by Gasteiger charge is -2.14. The zero-order valence-electron chi connectivity index (χ0n) is 15.8. The van der Waals surface area contributed by atoms with Crippen LogP contribution in [0.2, 0.25) is 0 Å². The summed E-state index contributed by atoms with van der Waals surface area (Å²) in [7, 11) is 1.56. The van der Waals surface area contributed by atoms with E-state index in [9.17, 15) is 9.59 Å². The number of benzene rings is 2. The van der Waals surface area contributed by atoms with E-state index in [1.807, 2.05) is 30.3 Å². The van der Waals surface area contributed by atoms with Crippen LogP contribution >= 0.6 is 0 Å². The van der Waals surface area contributed by atoms with Crippen LogP contribution in [0.5, 0.6) is 5.75 Å². The number of hydrogen-bond acceptors (Lipinski definition) is 4. The molecule has 6 heteroatoms. The van der Waals surface area contributed by atoms with E-state index in [1.54, 1.807) is 37.5 Å². The van der Waals surface area contributed by atoms with E-state index in [0.29, 0.717) is 17.9 Å². The van der Waals surface area contributed by atoms with E-state index in [0.717, 1.165) is 25.0 Å². The first kappa shape index (κ1) is 19.6. The van der Waals surface area contributed by atoms with Gasteiger partial charge in [0.2, 0.25) is 0 Å². The molecule has 2 aromatic carbocycles. The summed E-state index contributed by atoms with van der Waals surface area (Å²) >= 11 is 0. The second kappa shape index (κ2) is 9.71. The summed E-state index contributed by atoms with van der Waals surface area (Å²) in [5.41, 5.74) is 1.44. The highest BCUT2D eigenvalue weighted by Crippen LogP contribution is 2.13. The van der Waals surface area contributed by atoms with Gasteiger partial charge < -0.3 is 20.1 Å². The molecule has 0 bridgehead atoms. The normalized spacial score (nSPS) is 16.5. The second-order valence-corrected chi connectivity index (χ2v) is 6.50. The Hall–Kier alpha value is -3.12. The minimum atomic E-state index is -0.364. The standard InChI is InChI=1S/C22H24N2O4/c1-27-18-11-9-17(10-12-18)21(25)24-20(14-16-6-3-2-4-7-16)22(26)23-15-19-8-5-13-28-19/h2-4,6-7,9-12,14,19H,5,8,13,15H2,1H3,(H,23,26)(H,24,25)/b20-14-. The molecule has 0 saturated carbocycles. The molecule has 146 valence electrons. The molecule has 1 aliphatic rings. The molecule has 1 atom stereocenters. The van der Waals surface area contributed by atoms with Gasteiger partial charge in [-0.15, -0.1) is 0 Å². The lowest BCUT2D eigenvalue weighted by molar-refractivity contribution is -0.118. The van der Waals surface area contributed by atoms with E-state index >= 15 is 0 Å². The molecule has 1 fully saturated rings. The number of ether oxygens (including phenoxy) is 2. The van der Waals surface area contributed by atoms with Crippen molar-refractivity contribution < 1.29 is 19.1 Å². The number of hydrogen-bond donors (Lipinski definition) is 2. The maximum absolute atomic E-state index is 12.7. The van der Waals surface area contributed by atoms with Crippen molar-refractivity contribution in [1.29, 1.82) is 0 Å². The first-order valence-corrected chi connectivity index (χ1v) is 9.27. The van der Waals surface area contributed by atoms with E-state index in [2.05, 4.69) is 10.6 Å². The van der Waals surface area contributed by atoms with Gasteiger partial charge in [-0.25, -0.2) is 0 Å². The van der Waals surface area contributed by atoms with Crippen LogP contribution in [-0.4, -0.2) is 38.2 Å². The van der Waals surface area contributed by atoms with Crippen LogP contribution in [-0.2, 0) is 9.53 Å². The molecule has 1 heterocycles. The van der Waals surface area contributed by atoms with Gasteiger partial charge in [-0.2, -0.15) is 0 Å². The topological polar surface area (TPSA) is 76.7 Å². The SMILES string of the molecule is COc1ccc(C(=O)N/C(=C\c2ccccc2)C(=O)NCC2CCCO2)cc1. The Kier molecular flexibility index (Phi) is 6.81. The van der Waals surface area contributed by atoms with Crippen molar-refractivity contribution in [2.24, 2.45) is 0 Å². The van der Waals surface area contributed by atoms with Gasteiger partial charge in [0, 0.05) is 18.7 Å². The van der Waals surface area contributed by atoms with Gasteiger partial charge in [0.15, 0.2) is 0 Å². The van der Waals surface area contributed by atoms with Crippen LogP contribution in [0.25, 0.3) is 6.08 Å². The summed E-state index contributed by atoms with van der Waals surface area (Å²) < 4.78 is 10.6. The van der Waals surface area contributed by atoms with E-state index < -0.39 is 0 Å². The van der Waals surface area contributed by atoms with Crippen LogP contribution in [0.3, 0.4) is 0 Å². The first-order chi connectivity index (χ1) is 13.7. The summed E-state index contributed by atoms with van der Waals surface area (Å²) in [6.45, 7) is 1.14. The third-order valence-electron chi connectivity index (χ3n) is 4.47. The summed E-state index contributed by atoms with van der Waals surface area (Å²) in [6, 6.07) is 16.1. The van der Waals surface area contributed by atoms with Crippen molar-refractivity contribution in [3.05, 3.63) is 71.4 Å². The van der Waals surface area contributed by atoms with Crippen LogP contribution in [0, 0.1) is 0 Å². The number of amides is 2. The molecule has 0 radical (unpaired) electrons. The number of carbonyl (C=O) groups is 2. The molecule has 28 heavy (non-hydrogen) atoms. The second-order valence-electron chi connectivity index (χ2n) is 6.50. The van der Waals surface area contributed by atoms with Gasteiger partial charge in [0.25, 0.3) is 11.8 Å². The Balaban J connectivity index is 1.73. The van der Waals surface area contributed by atoms with Crippen molar-refractivity contribution in [1.82, 2.24) is 10.6 Å². The highest BCUT2D eigenvalue weighted by molar-refractivity contribution is 6.05. The van der Waals surface area contributed by atoms with Crippen LogP contribution in [0.4, 0.5) is 0 Å². The van der Waals surface area contributed by atoms with E-state index in [4.69, 9.17) is 9.47 Å². The Morgan fingerprint density at radius 1 is 1.14 bits per heavy atom. The summed E-state index contributed by atoms with van der Waals surface area (Å²) in [4.78, 5) is 25.3. The average Bonchev–Trinajstić information content (AvgIpc) is 3.26. The fourth-order valence-corrected chi connectivity index (χ4v) is 2.92. The van der Waals surface area contributed by atoms with Gasteiger partial charge in [-0.05, 0) is 48.7 Å². The largest absolute Gasteiger partial charge is 0.497 e. The molecule has 0 aliphatic carbocycles. The van der Waals surface area contributed by atoms with Crippen molar-refractivity contribution in [2.45, 2.75) is 18.9 Å². The fourth-order valence-electron chi connectivity index (χ4n) is 2.92. The lowest BCUT2D eigenvalue weighted by atomic mass is 10.1. The molecule has 2 aromatic rings. The first-order valence-electron chi connectivity index (χ1n) is 9.27. The molecule has 6 nitrogen and oxygen atoms in total. The third kappa shape index (κ3) is 5.44. The zero-order chi connectivity index (χ0) is 19.8. The number of carbonyl (C=O) groups excluding carboxylic acids is 2. The smallest absolute Gasteiger partial charge is 0.267 e. The van der Waals surface area contributed by atoms with E-state index in [1.165, 1.54) is 0 Å². The number of methoxy groups -OCH3 is 1. The number of rotatable bonds is 7. The van der Waals surface area contributed by atoms with Crippen molar-refractivity contribution >= 4 is 17.9 Å². The van der Waals surface area contributed by atoms with Gasteiger partial charge in [-0.3, -0.25) is 9.59 Å². The molecule has 0 spiro atoms. The van der Waals surface area contributed by atoms with Crippen LogP contribution < -0.4 is 15.4 Å². The molecule has 2 amide bonds. The van der Waals surface area contributed by atoms with Crippen molar-refractivity contribution in [3.63, 3.8) is 0 Å². The Bertz CT molecular complexity index is 825. The van der Waals surface area contributed by atoms with Gasteiger partial charge in [0.1, 0.15) is 11.4 Å². The molecule has 1 unspecified atom stereocenters. The van der Waals surface area contributed by atoms with Crippen LogP contribution in [0.15, 0.2) is 60.3 Å². The predicted molar refractivity (Wildman–Crippen MR) is 107 cm³/mol. The third-order valence-corrected chi connectivity index (χ3v) is 4.47. The molecule has 2 N–H and O–H groups in total. The average molecular weight is 380 g/mol. The summed E-state index contributed by atoms with van der Waals surface area (Å²) in [5, 5.41) is 5.58. The zero-order valence-corrected chi connectivity index (χ0v) is 15.8. The van der Waals surface area contributed by atoms with Crippen molar-refractivity contribution in [2.75, 3.05) is 20.3 Å². The maximum atomic E-state index is 12.7. The van der Waals surface area contributed by atoms with Crippen molar-refractivity contribution in [3.8, 4) is 5.75 Å². The summed E-state index contributed by atoms with van der Waals surface area (Å²) in [5.74, 6) is -0.0516. The molecular weight excluding hydrogens is 356 g/mol.